The number of amides is 1. The molecular weight excluding hydrogens is 326 g/mol. The first-order chi connectivity index (χ1) is 10.5. The van der Waals surface area contributed by atoms with E-state index in [1.165, 1.54) is 7.11 Å². The molecule has 8 nitrogen and oxygen atoms in total. The van der Waals surface area contributed by atoms with E-state index in [0.29, 0.717) is 19.4 Å². The molecule has 0 aromatic rings. The molecule has 1 rings (SSSR count). The molecule has 136 valence electrons. The number of alkyl carbamates (subject to hydrolysis) is 1. The zero-order valence-corrected chi connectivity index (χ0v) is 15.1. The number of carbonyl (C=O) groups excluding carboxylic acids is 1. The van der Waals surface area contributed by atoms with Crippen LogP contribution in [0.15, 0.2) is 0 Å². The van der Waals surface area contributed by atoms with Gasteiger partial charge in [-0.3, -0.25) is 4.18 Å². The summed E-state index contributed by atoms with van der Waals surface area (Å²) < 4.78 is 43.2. The lowest BCUT2D eigenvalue weighted by Crippen LogP contribution is -2.44. The van der Waals surface area contributed by atoms with Crippen molar-refractivity contribution in [1.82, 2.24) is 5.32 Å². The van der Waals surface area contributed by atoms with Crippen LogP contribution in [0.1, 0.15) is 33.6 Å². The Morgan fingerprint density at radius 1 is 1.26 bits per heavy atom. The molecule has 0 aliphatic heterocycles. The van der Waals surface area contributed by atoms with E-state index in [0.717, 1.165) is 6.26 Å². The molecule has 0 aromatic carbocycles. The van der Waals surface area contributed by atoms with Crippen molar-refractivity contribution >= 4 is 16.2 Å². The van der Waals surface area contributed by atoms with Crippen molar-refractivity contribution in [1.29, 1.82) is 0 Å². The third kappa shape index (κ3) is 8.50. The number of hydrogen-bond acceptors (Lipinski definition) is 7. The van der Waals surface area contributed by atoms with Crippen LogP contribution in [0.5, 0.6) is 0 Å². The quantitative estimate of drug-likeness (QED) is 0.418. The molecule has 9 heteroatoms. The highest BCUT2D eigenvalue weighted by atomic mass is 32.2. The fourth-order valence-corrected chi connectivity index (χ4v) is 3.14. The van der Waals surface area contributed by atoms with Gasteiger partial charge in [-0.25, -0.2) is 4.79 Å². The minimum absolute atomic E-state index is 0.0665. The van der Waals surface area contributed by atoms with Gasteiger partial charge in [0, 0.05) is 7.11 Å². The van der Waals surface area contributed by atoms with Crippen molar-refractivity contribution < 1.29 is 31.6 Å². The van der Waals surface area contributed by atoms with Gasteiger partial charge >= 0.3 is 6.09 Å². The maximum Gasteiger partial charge on any atom is 0.407 e. The van der Waals surface area contributed by atoms with Crippen LogP contribution in [0.3, 0.4) is 0 Å². The molecule has 3 atom stereocenters. The molecule has 1 N–H and O–H groups in total. The van der Waals surface area contributed by atoms with Gasteiger partial charge in [-0.15, -0.1) is 0 Å². The van der Waals surface area contributed by atoms with Crippen molar-refractivity contribution in [2.45, 2.75) is 51.4 Å². The van der Waals surface area contributed by atoms with Gasteiger partial charge in [-0.2, -0.15) is 8.42 Å². The normalized spacial score (nSPS) is 25.3. The minimum Gasteiger partial charge on any atom is -0.444 e. The van der Waals surface area contributed by atoms with Gasteiger partial charge in [0.15, 0.2) is 0 Å². The fourth-order valence-electron chi connectivity index (χ4n) is 2.48. The number of ether oxygens (including phenoxy) is 3. The SMILES string of the molecule is COCOC[C@@H]1C[C@H](OS(C)(=O)=O)[C@H](NC(=O)OC(C)(C)C)C1. The zero-order chi connectivity index (χ0) is 17.7. The molecule has 0 spiro atoms. The molecule has 1 amide bonds. The minimum atomic E-state index is -3.62. The highest BCUT2D eigenvalue weighted by molar-refractivity contribution is 7.86. The lowest BCUT2D eigenvalue weighted by atomic mass is 10.1. The summed E-state index contributed by atoms with van der Waals surface area (Å²) in [5.41, 5.74) is -0.628. The maximum atomic E-state index is 11.9. The van der Waals surface area contributed by atoms with Crippen molar-refractivity contribution in [3.05, 3.63) is 0 Å². The summed E-state index contributed by atoms with van der Waals surface area (Å²) in [7, 11) is -2.09. The van der Waals surface area contributed by atoms with Crippen molar-refractivity contribution in [2.24, 2.45) is 5.92 Å². The highest BCUT2D eigenvalue weighted by Crippen LogP contribution is 2.30. The molecule has 0 unspecified atom stereocenters. The molecule has 1 fully saturated rings. The van der Waals surface area contributed by atoms with Crippen molar-refractivity contribution in [3.8, 4) is 0 Å². The fraction of sp³-hybridized carbons (Fsp3) is 0.929. The third-order valence-corrected chi connectivity index (χ3v) is 3.75. The first-order valence-electron chi connectivity index (χ1n) is 7.44. The predicted molar refractivity (Wildman–Crippen MR) is 83.4 cm³/mol. The Bertz CT molecular complexity index is 486. The number of methoxy groups -OCH3 is 1. The summed E-state index contributed by atoms with van der Waals surface area (Å²) in [5.74, 6) is 0.0665. The molecule has 1 aliphatic carbocycles. The molecule has 23 heavy (non-hydrogen) atoms. The smallest absolute Gasteiger partial charge is 0.407 e. The standard InChI is InChI=1S/C14H27NO7S/c1-14(2,3)21-13(16)15-11-6-10(8-20-9-19-4)7-12(11)22-23(5,17)18/h10-12H,6-9H2,1-5H3,(H,15,16)/t10-,11+,12-/m0/s1. The van der Waals surface area contributed by atoms with Gasteiger partial charge in [0.25, 0.3) is 10.1 Å². The van der Waals surface area contributed by atoms with Crippen molar-refractivity contribution in [2.75, 3.05) is 26.8 Å². The summed E-state index contributed by atoms with van der Waals surface area (Å²) in [5, 5.41) is 2.69. The largest absolute Gasteiger partial charge is 0.444 e. The molecule has 0 saturated heterocycles. The number of rotatable bonds is 7. The lowest BCUT2D eigenvalue weighted by Gasteiger charge is -2.24. The second-order valence-corrected chi connectivity index (χ2v) is 8.31. The van der Waals surface area contributed by atoms with Crippen LogP contribution in [-0.4, -0.2) is 59.0 Å². The van der Waals surface area contributed by atoms with E-state index < -0.39 is 34.0 Å². The van der Waals surface area contributed by atoms with Crippen LogP contribution in [0.4, 0.5) is 4.79 Å². The van der Waals surface area contributed by atoms with Gasteiger partial charge in [0.05, 0.1) is 25.0 Å². The summed E-state index contributed by atoms with van der Waals surface area (Å²) >= 11 is 0. The summed E-state index contributed by atoms with van der Waals surface area (Å²) in [4.78, 5) is 11.9. The Morgan fingerprint density at radius 2 is 1.91 bits per heavy atom. The van der Waals surface area contributed by atoms with Crippen LogP contribution in [-0.2, 0) is 28.5 Å². The number of nitrogens with one attached hydrogen (secondary N) is 1. The number of hydrogen-bond donors (Lipinski definition) is 1. The Hall–Kier alpha value is -0.900. The lowest BCUT2D eigenvalue weighted by molar-refractivity contribution is -0.0435. The predicted octanol–water partition coefficient (Wildman–Crippen LogP) is 1.25. The second-order valence-electron chi connectivity index (χ2n) is 6.71. The average Bonchev–Trinajstić information content (AvgIpc) is 2.66. The van der Waals surface area contributed by atoms with E-state index in [1.807, 2.05) is 0 Å². The van der Waals surface area contributed by atoms with Crippen LogP contribution >= 0.6 is 0 Å². The first-order valence-corrected chi connectivity index (χ1v) is 9.26. The van der Waals surface area contributed by atoms with Crippen molar-refractivity contribution in [3.63, 3.8) is 0 Å². The molecular formula is C14H27NO7S. The van der Waals surface area contributed by atoms with Gasteiger partial charge in [0.2, 0.25) is 0 Å². The molecule has 0 radical (unpaired) electrons. The molecule has 0 bridgehead atoms. The number of carbonyl (C=O) groups is 1. The highest BCUT2D eigenvalue weighted by Gasteiger charge is 2.38. The summed E-state index contributed by atoms with van der Waals surface area (Å²) in [6, 6.07) is -0.448. The Balaban J connectivity index is 2.65. The third-order valence-electron chi connectivity index (χ3n) is 3.16. The van der Waals surface area contributed by atoms with Crippen LogP contribution < -0.4 is 5.32 Å². The van der Waals surface area contributed by atoms with E-state index in [-0.39, 0.29) is 12.7 Å². The molecule has 1 saturated carbocycles. The van der Waals surface area contributed by atoms with E-state index in [9.17, 15) is 13.2 Å². The Kier molecular flexibility index (Phi) is 7.25. The van der Waals surface area contributed by atoms with Crippen LogP contribution in [0, 0.1) is 5.92 Å². The zero-order valence-electron chi connectivity index (χ0n) is 14.3. The van der Waals surface area contributed by atoms with E-state index in [2.05, 4.69) is 5.32 Å². The molecule has 0 heterocycles. The Labute approximate surface area is 137 Å². The monoisotopic (exact) mass is 353 g/mol. The van der Waals surface area contributed by atoms with E-state index in [4.69, 9.17) is 18.4 Å². The van der Waals surface area contributed by atoms with E-state index in [1.54, 1.807) is 20.8 Å². The van der Waals surface area contributed by atoms with Gasteiger partial charge in [-0.1, -0.05) is 0 Å². The Morgan fingerprint density at radius 3 is 2.43 bits per heavy atom. The molecule has 0 aromatic heterocycles. The second kappa shape index (κ2) is 8.27. The van der Waals surface area contributed by atoms with Gasteiger partial charge < -0.3 is 19.5 Å². The maximum absolute atomic E-state index is 11.9. The van der Waals surface area contributed by atoms with Crippen LogP contribution in [0.25, 0.3) is 0 Å². The molecule has 1 aliphatic rings. The van der Waals surface area contributed by atoms with Crippen LogP contribution in [0.2, 0.25) is 0 Å². The summed E-state index contributed by atoms with van der Waals surface area (Å²) in [6.07, 6.45) is 0.781. The van der Waals surface area contributed by atoms with Gasteiger partial charge in [0.1, 0.15) is 12.4 Å². The van der Waals surface area contributed by atoms with E-state index >= 15 is 0 Å². The first kappa shape index (κ1) is 20.1. The van der Waals surface area contributed by atoms with Gasteiger partial charge in [-0.05, 0) is 39.5 Å². The topological polar surface area (TPSA) is 100 Å². The average molecular weight is 353 g/mol. The summed E-state index contributed by atoms with van der Waals surface area (Å²) in [6.45, 7) is 5.84.